The zero-order valence-corrected chi connectivity index (χ0v) is 13.4. The fraction of sp³-hybridized carbons (Fsp3) is 0.571. The number of nitrogens with zero attached hydrogens (tertiary/aromatic N) is 1. The van der Waals surface area contributed by atoms with Crippen molar-refractivity contribution >= 4 is 11.9 Å². The number of rotatable bonds is 15. The summed E-state index contributed by atoms with van der Waals surface area (Å²) in [6, 6.07) is 0. The molecule has 0 saturated heterocycles. The normalized spacial score (nSPS) is 13.1. The molecule has 5 N–H and O–H groups in total. The molecule has 0 aliphatic rings. The standard InChI is InChI=1S/C14H24N2O8/c1-11(5-9-23-21)16(10-14(19)20,12(2)24-22)8-3-6-15-7-4-13(17)18/h15H,1-10H2,(H3-,17,18,19,20,21,22)/p+1. The fourth-order valence-corrected chi connectivity index (χ4v) is 2.22. The van der Waals surface area contributed by atoms with Crippen molar-refractivity contribution in [3.05, 3.63) is 24.7 Å². The first-order valence-corrected chi connectivity index (χ1v) is 7.27. The molecule has 10 nitrogen and oxygen atoms in total. The van der Waals surface area contributed by atoms with Gasteiger partial charge in [0.1, 0.15) is 5.70 Å². The molecular weight excluding hydrogens is 324 g/mol. The highest BCUT2D eigenvalue weighted by atomic mass is 17.1. The van der Waals surface area contributed by atoms with Crippen molar-refractivity contribution < 1.29 is 44.6 Å². The van der Waals surface area contributed by atoms with Crippen LogP contribution in [0.1, 0.15) is 19.3 Å². The van der Waals surface area contributed by atoms with Gasteiger partial charge in [-0.25, -0.2) is 14.2 Å². The van der Waals surface area contributed by atoms with E-state index in [1.165, 1.54) is 0 Å². The van der Waals surface area contributed by atoms with Crippen LogP contribution in [0.5, 0.6) is 0 Å². The molecule has 0 amide bonds. The molecule has 138 valence electrons. The molecule has 24 heavy (non-hydrogen) atoms. The monoisotopic (exact) mass is 349 g/mol. The molecule has 0 heterocycles. The summed E-state index contributed by atoms with van der Waals surface area (Å²) in [5.41, 5.74) is 0.330. The summed E-state index contributed by atoms with van der Waals surface area (Å²) in [5.74, 6) is -2.29. The van der Waals surface area contributed by atoms with Crippen molar-refractivity contribution in [2.45, 2.75) is 19.3 Å². The Labute approximate surface area is 139 Å². The number of carboxylic acids is 2. The van der Waals surface area contributed by atoms with Crippen LogP contribution in [0.2, 0.25) is 0 Å². The average Bonchev–Trinajstić information content (AvgIpc) is 2.52. The Morgan fingerprint density at radius 2 is 1.71 bits per heavy atom. The smallest absolute Gasteiger partial charge is 0.360 e. The van der Waals surface area contributed by atoms with E-state index < -0.39 is 23.0 Å². The Hall–Kier alpha value is -1.98. The summed E-state index contributed by atoms with van der Waals surface area (Å²) >= 11 is 0. The van der Waals surface area contributed by atoms with Gasteiger partial charge in [-0.2, -0.15) is 5.26 Å². The second-order valence-corrected chi connectivity index (χ2v) is 5.13. The Morgan fingerprint density at radius 1 is 1.04 bits per heavy atom. The molecule has 0 aromatic heterocycles. The molecular formula is C14H25N2O8+. The molecule has 0 rings (SSSR count). The van der Waals surface area contributed by atoms with E-state index in [-0.39, 0.29) is 38.4 Å². The number of carbonyl (C=O) groups is 2. The van der Waals surface area contributed by atoms with Gasteiger partial charge in [0.15, 0.2) is 6.54 Å². The molecule has 0 aliphatic heterocycles. The molecule has 10 heteroatoms. The molecule has 0 spiro atoms. The summed E-state index contributed by atoms with van der Waals surface area (Å²) < 4.78 is -0.435. The van der Waals surface area contributed by atoms with Crippen LogP contribution >= 0.6 is 0 Å². The minimum Gasteiger partial charge on any atom is -0.481 e. The van der Waals surface area contributed by atoms with E-state index in [0.717, 1.165) is 0 Å². The number of hydrogen-bond acceptors (Lipinski definition) is 7. The second-order valence-electron chi connectivity index (χ2n) is 5.13. The Morgan fingerprint density at radius 3 is 2.21 bits per heavy atom. The van der Waals surface area contributed by atoms with E-state index in [1.54, 1.807) is 0 Å². The Bertz CT molecular complexity index is 454. The predicted molar refractivity (Wildman–Crippen MR) is 82.6 cm³/mol. The topological polar surface area (TPSA) is 146 Å². The van der Waals surface area contributed by atoms with Crippen LogP contribution in [0.15, 0.2) is 24.7 Å². The van der Waals surface area contributed by atoms with Crippen molar-refractivity contribution in [3.63, 3.8) is 0 Å². The third kappa shape index (κ3) is 7.53. The zero-order valence-electron chi connectivity index (χ0n) is 13.4. The third-order valence-electron chi connectivity index (χ3n) is 3.48. The van der Waals surface area contributed by atoms with Crippen molar-refractivity contribution in [1.82, 2.24) is 5.32 Å². The van der Waals surface area contributed by atoms with Gasteiger partial charge in [0, 0.05) is 32.5 Å². The molecule has 0 fully saturated rings. The van der Waals surface area contributed by atoms with E-state index in [1.807, 2.05) is 0 Å². The minimum atomic E-state index is -1.15. The van der Waals surface area contributed by atoms with Crippen LogP contribution in [0.3, 0.4) is 0 Å². The second kappa shape index (κ2) is 11.5. The van der Waals surface area contributed by atoms with Gasteiger partial charge in [0.25, 0.3) is 0 Å². The van der Waals surface area contributed by atoms with Crippen LogP contribution < -0.4 is 5.32 Å². The van der Waals surface area contributed by atoms with Gasteiger partial charge in [-0.3, -0.25) is 14.9 Å². The first kappa shape index (κ1) is 22.0. The van der Waals surface area contributed by atoms with Crippen LogP contribution in [0.25, 0.3) is 0 Å². The average molecular weight is 349 g/mol. The summed E-state index contributed by atoms with van der Waals surface area (Å²) in [4.78, 5) is 29.8. The van der Waals surface area contributed by atoms with Crippen molar-refractivity contribution in [3.8, 4) is 0 Å². The van der Waals surface area contributed by atoms with Gasteiger partial charge >= 0.3 is 17.8 Å². The number of nitrogens with one attached hydrogen (secondary N) is 1. The summed E-state index contributed by atoms with van der Waals surface area (Å²) in [6.45, 7) is 7.67. The first-order valence-electron chi connectivity index (χ1n) is 7.27. The van der Waals surface area contributed by atoms with E-state index >= 15 is 0 Å². The highest BCUT2D eigenvalue weighted by Crippen LogP contribution is 2.27. The molecule has 0 aliphatic carbocycles. The molecule has 0 radical (unpaired) electrons. The summed E-state index contributed by atoms with van der Waals surface area (Å²) in [6.07, 6.45) is 0.537. The molecule has 0 bridgehead atoms. The lowest BCUT2D eigenvalue weighted by Crippen LogP contribution is -2.50. The Kier molecular flexibility index (Phi) is 10.6. The lowest BCUT2D eigenvalue weighted by atomic mass is 10.2. The van der Waals surface area contributed by atoms with Crippen molar-refractivity contribution in [2.24, 2.45) is 0 Å². The van der Waals surface area contributed by atoms with Crippen molar-refractivity contribution in [1.29, 1.82) is 0 Å². The maximum absolute atomic E-state index is 11.2. The molecule has 0 aromatic carbocycles. The minimum absolute atomic E-state index is 0.0257. The fourth-order valence-electron chi connectivity index (χ4n) is 2.22. The van der Waals surface area contributed by atoms with Crippen LogP contribution in [0.4, 0.5) is 0 Å². The van der Waals surface area contributed by atoms with Gasteiger partial charge in [-0.15, -0.1) is 0 Å². The van der Waals surface area contributed by atoms with Gasteiger partial charge in [0.05, 0.1) is 19.6 Å². The Balaban J connectivity index is 4.93. The maximum Gasteiger partial charge on any atom is 0.360 e. The van der Waals surface area contributed by atoms with Crippen molar-refractivity contribution in [2.75, 3.05) is 32.8 Å². The van der Waals surface area contributed by atoms with E-state index in [0.29, 0.717) is 18.7 Å². The zero-order chi connectivity index (χ0) is 18.6. The van der Waals surface area contributed by atoms with Crippen LogP contribution in [-0.4, -0.2) is 69.9 Å². The SMILES string of the molecule is C=C(CCOO)[N+](CCCNCCC(=O)O)(CC(=O)O)C(=C)OO. The molecule has 0 saturated carbocycles. The van der Waals surface area contributed by atoms with E-state index in [2.05, 4.69) is 28.2 Å². The van der Waals surface area contributed by atoms with Gasteiger partial charge in [-0.1, -0.05) is 0 Å². The predicted octanol–water partition coefficient (Wildman–Crippen LogP) is 0.696. The third-order valence-corrected chi connectivity index (χ3v) is 3.48. The lowest BCUT2D eigenvalue weighted by molar-refractivity contribution is -0.871. The summed E-state index contributed by atoms with van der Waals surface area (Å²) in [7, 11) is 0. The van der Waals surface area contributed by atoms with E-state index in [9.17, 15) is 14.7 Å². The van der Waals surface area contributed by atoms with Gasteiger partial charge < -0.3 is 15.5 Å². The summed E-state index contributed by atoms with van der Waals surface area (Å²) in [5, 5.41) is 38.0. The number of quaternary nitrogens is 1. The largest absolute Gasteiger partial charge is 0.481 e. The number of aliphatic carboxylic acids is 2. The maximum atomic E-state index is 11.2. The quantitative estimate of drug-likeness (QED) is 0.0947. The van der Waals surface area contributed by atoms with Gasteiger partial charge in [-0.05, 0) is 6.58 Å². The van der Waals surface area contributed by atoms with Crippen LogP contribution in [-0.2, 0) is 19.4 Å². The lowest BCUT2D eigenvalue weighted by Gasteiger charge is -2.36. The highest BCUT2D eigenvalue weighted by molar-refractivity contribution is 5.68. The number of carboxylic acid groups (broad SMARTS) is 2. The first-order chi connectivity index (χ1) is 11.3. The van der Waals surface area contributed by atoms with Gasteiger partial charge in [0.2, 0.25) is 0 Å². The molecule has 0 aromatic rings. The highest BCUT2D eigenvalue weighted by Gasteiger charge is 2.39. The molecule has 1 atom stereocenters. The van der Waals surface area contributed by atoms with Crippen LogP contribution in [0, 0.1) is 0 Å². The van der Waals surface area contributed by atoms with E-state index in [4.69, 9.17) is 15.6 Å². The number of hydrogen-bond donors (Lipinski definition) is 5. The molecule has 1 unspecified atom stereocenters.